The first kappa shape index (κ1) is 16.4. The molecule has 0 saturated carbocycles. The summed E-state index contributed by atoms with van der Waals surface area (Å²) in [5.41, 5.74) is 6.61. The van der Waals surface area contributed by atoms with Crippen LogP contribution in [0.2, 0.25) is 0 Å². The lowest BCUT2D eigenvalue weighted by Crippen LogP contribution is -2.37. The number of benzene rings is 1. The quantitative estimate of drug-likeness (QED) is 0.806. The summed E-state index contributed by atoms with van der Waals surface area (Å²) in [6, 6.07) is 9.33. The third-order valence-corrected chi connectivity index (χ3v) is 3.06. The largest absolute Gasteiger partial charge is 0.465 e. The Morgan fingerprint density at radius 3 is 2.52 bits per heavy atom. The number of esters is 1. The van der Waals surface area contributed by atoms with Gasteiger partial charge >= 0.3 is 5.97 Å². The first-order valence-corrected chi connectivity index (χ1v) is 7.17. The molecule has 7 nitrogen and oxygen atoms in total. The van der Waals surface area contributed by atoms with Crippen LogP contribution in [0.5, 0.6) is 0 Å². The van der Waals surface area contributed by atoms with E-state index >= 15 is 0 Å². The van der Waals surface area contributed by atoms with Crippen molar-refractivity contribution in [1.29, 1.82) is 0 Å². The number of amides is 1. The van der Waals surface area contributed by atoms with Crippen LogP contribution >= 0.6 is 0 Å². The molecule has 23 heavy (non-hydrogen) atoms. The maximum atomic E-state index is 12.6. The number of aromatic nitrogens is 2. The smallest absolute Gasteiger partial charge is 0.325 e. The average molecular weight is 314 g/mol. The normalized spacial score (nSPS) is 10.1. The molecule has 0 aliphatic carbocycles. The second-order valence-corrected chi connectivity index (χ2v) is 4.74. The molecule has 0 bridgehead atoms. The minimum atomic E-state index is -0.487. The first-order valence-electron chi connectivity index (χ1n) is 7.17. The molecule has 0 atom stereocenters. The molecule has 1 aromatic carbocycles. The van der Waals surface area contributed by atoms with Gasteiger partial charge in [0, 0.05) is 18.9 Å². The Labute approximate surface area is 134 Å². The van der Waals surface area contributed by atoms with E-state index in [1.165, 1.54) is 17.3 Å². The van der Waals surface area contributed by atoms with E-state index in [0.717, 1.165) is 5.56 Å². The molecule has 2 N–H and O–H groups in total. The van der Waals surface area contributed by atoms with Crippen LogP contribution in [0.4, 0.5) is 5.82 Å². The molecule has 1 amide bonds. The molecule has 120 valence electrons. The van der Waals surface area contributed by atoms with Gasteiger partial charge in [0.25, 0.3) is 5.91 Å². The molecular formula is C16H18N4O3. The third-order valence-electron chi connectivity index (χ3n) is 3.06. The van der Waals surface area contributed by atoms with E-state index in [1.807, 2.05) is 30.3 Å². The van der Waals surface area contributed by atoms with Crippen molar-refractivity contribution in [2.45, 2.75) is 13.5 Å². The monoisotopic (exact) mass is 314 g/mol. The molecule has 0 unspecified atom stereocenters. The number of hydrogen-bond donors (Lipinski definition) is 1. The van der Waals surface area contributed by atoms with E-state index in [0.29, 0.717) is 0 Å². The Kier molecular flexibility index (Phi) is 5.62. The second-order valence-electron chi connectivity index (χ2n) is 4.74. The van der Waals surface area contributed by atoms with Gasteiger partial charge in [0.05, 0.1) is 6.61 Å². The molecule has 0 radical (unpaired) electrons. The van der Waals surface area contributed by atoms with Gasteiger partial charge in [-0.3, -0.25) is 9.59 Å². The van der Waals surface area contributed by atoms with Crippen LogP contribution in [-0.4, -0.2) is 39.9 Å². The molecule has 0 fully saturated rings. The van der Waals surface area contributed by atoms with Gasteiger partial charge in [-0.15, -0.1) is 0 Å². The summed E-state index contributed by atoms with van der Waals surface area (Å²) in [4.78, 5) is 33.6. The summed E-state index contributed by atoms with van der Waals surface area (Å²) in [6.07, 6.45) is 2.79. The number of nitrogens with two attached hydrogens (primary N) is 1. The van der Waals surface area contributed by atoms with Gasteiger partial charge in [-0.25, -0.2) is 9.97 Å². The standard InChI is InChI=1S/C16H18N4O3/c1-2-23-13(21)11-20(10-12-6-4-3-5-7-12)16(22)14-15(17)19-9-8-18-14/h3-9H,2,10-11H2,1H3,(H2,17,19). The average Bonchev–Trinajstić information content (AvgIpc) is 2.55. The number of rotatable bonds is 6. The molecule has 0 aliphatic heterocycles. The lowest BCUT2D eigenvalue weighted by atomic mass is 10.2. The van der Waals surface area contributed by atoms with Crippen LogP contribution in [0.15, 0.2) is 42.7 Å². The molecule has 1 aromatic heterocycles. The van der Waals surface area contributed by atoms with Gasteiger partial charge in [-0.2, -0.15) is 0 Å². The van der Waals surface area contributed by atoms with Crippen molar-refractivity contribution in [1.82, 2.24) is 14.9 Å². The summed E-state index contributed by atoms with van der Waals surface area (Å²) in [6.45, 7) is 2.02. The molecule has 2 aromatic rings. The van der Waals surface area contributed by atoms with E-state index in [2.05, 4.69) is 9.97 Å². The van der Waals surface area contributed by atoms with Crippen molar-refractivity contribution in [3.63, 3.8) is 0 Å². The van der Waals surface area contributed by atoms with Crippen molar-refractivity contribution in [3.8, 4) is 0 Å². The van der Waals surface area contributed by atoms with Crippen molar-refractivity contribution in [2.75, 3.05) is 18.9 Å². The Morgan fingerprint density at radius 2 is 1.87 bits per heavy atom. The fourth-order valence-corrected chi connectivity index (χ4v) is 2.03. The zero-order valence-electron chi connectivity index (χ0n) is 12.8. The van der Waals surface area contributed by atoms with E-state index < -0.39 is 11.9 Å². The number of nitrogen functional groups attached to an aromatic ring is 1. The van der Waals surface area contributed by atoms with Crippen molar-refractivity contribution in [3.05, 3.63) is 54.0 Å². The summed E-state index contributed by atoms with van der Waals surface area (Å²) in [5, 5.41) is 0. The lowest BCUT2D eigenvalue weighted by Gasteiger charge is -2.21. The van der Waals surface area contributed by atoms with Gasteiger partial charge in [-0.05, 0) is 12.5 Å². The number of carbonyl (C=O) groups excluding carboxylic acids is 2. The minimum Gasteiger partial charge on any atom is -0.465 e. The van der Waals surface area contributed by atoms with E-state index in [9.17, 15) is 9.59 Å². The maximum absolute atomic E-state index is 12.6. The molecular weight excluding hydrogens is 296 g/mol. The van der Waals surface area contributed by atoms with Crippen LogP contribution in [0.3, 0.4) is 0 Å². The van der Waals surface area contributed by atoms with Crippen molar-refractivity contribution < 1.29 is 14.3 Å². The molecule has 0 spiro atoms. The summed E-state index contributed by atoms with van der Waals surface area (Å²) in [7, 11) is 0. The van der Waals surface area contributed by atoms with Gasteiger partial charge < -0.3 is 15.4 Å². The number of carbonyl (C=O) groups is 2. The van der Waals surface area contributed by atoms with Gasteiger partial charge in [0.1, 0.15) is 6.54 Å². The zero-order chi connectivity index (χ0) is 16.7. The fraction of sp³-hybridized carbons (Fsp3) is 0.250. The maximum Gasteiger partial charge on any atom is 0.325 e. The van der Waals surface area contributed by atoms with E-state index in [-0.39, 0.29) is 31.2 Å². The highest BCUT2D eigenvalue weighted by Gasteiger charge is 2.23. The van der Waals surface area contributed by atoms with Crippen molar-refractivity contribution in [2.24, 2.45) is 0 Å². The highest BCUT2D eigenvalue weighted by Crippen LogP contribution is 2.12. The SMILES string of the molecule is CCOC(=O)CN(Cc1ccccc1)C(=O)c1nccnc1N. The predicted molar refractivity (Wildman–Crippen MR) is 84.3 cm³/mol. The molecule has 7 heteroatoms. The number of nitrogens with zero attached hydrogens (tertiary/aromatic N) is 3. The van der Waals surface area contributed by atoms with Crippen LogP contribution in [-0.2, 0) is 16.1 Å². The molecule has 1 heterocycles. The third kappa shape index (κ3) is 4.50. The Morgan fingerprint density at radius 1 is 1.17 bits per heavy atom. The Hall–Kier alpha value is -2.96. The lowest BCUT2D eigenvalue weighted by molar-refractivity contribution is -0.143. The Bertz CT molecular complexity index is 676. The van der Waals surface area contributed by atoms with Gasteiger partial charge in [-0.1, -0.05) is 30.3 Å². The number of hydrogen-bond acceptors (Lipinski definition) is 6. The zero-order valence-corrected chi connectivity index (χ0v) is 12.8. The van der Waals surface area contributed by atoms with Crippen LogP contribution in [0.1, 0.15) is 23.0 Å². The highest BCUT2D eigenvalue weighted by molar-refractivity contribution is 5.97. The number of anilines is 1. The fourth-order valence-electron chi connectivity index (χ4n) is 2.03. The summed E-state index contributed by atoms with van der Waals surface area (Å²) >= 11 is 0. The summed E-state index contributed by atoms with van der Waals surface area (Å²) < 4.78 is 4.93. The van der Waals surface area contributed by atoms with Crippen LogP contribution in [0.25, 0.3) is 0 Å². The predicted octanol–water partition coefficient (Wildman–Crippen LogP) is 1.26. The molecule has 0 saturated heterocycles. The van der Waals surface area contributed by atoms with Crippen LogP contribution < -0.4 is 5.73 Å². The topological polar surface area (TPSA) is 98.4 Å². The summed E-state index contributed by atoms with van der Waals surface area (Å²) in [5.74, 6) is -0.925. The second kappa shape index (κ2) is 7.88. The van der Waals surface area contributed by atoms with Crippen molar-refractivity contribution >= 4 is 17.7 Å². The van der Waals surface area contributed by atoms with Gasteiger partial charge in [0.2, 0.25) is 0 Å². The number of ether oxygens (including phenoxy) is 1. The molecule has 2 rings (SSSR count). The van der Waals surface area contributed by atoms with Gasteiger partial charge in [0.15, 0.2) is 11.5 Å². The molecule has 0 aliphatic rings. The Balaban J connectivity index is 2.23. The highest BCUT2D eigenvalue weighted by atomic mass is 16.5. The first-order chi connectivity index (χ1) is 11.1. The minimum absolute atomic E-state index is 0.0210. The van der Waals surface area contributed by atoms with Crippen LogP contribution in [0, 0.1) is 0 Å². The van der Waals surface area contributed by atoms with E-state index in [1.54, 1.807) is 6.92 Å². The van der Waals surface area contributed by atoms with E-state index in [4.69, 9.17) is 10.5 Å².